The van der Waals surface area contributed by atoms with E-state index in [1.807, 2.05) is 6.92 Å². The number of nitrogens with zero attached hydrogens (tertiary/aromatic N) is 1. The van der Waals surface area contributed by atoms with Gasteiger partial charge in [-0.2, -0.15) is 0 Å². The Labute approximate surface area is 163 Å². The summed E-state index contributed by atoms with van der Waals surface area (Å²) in [7, 11) is 0. The second-order valence-electron chi connectivity index (χ2n) is 6.58. The quantitative estimate of drug-likeness (QED) is 0.399. The lowest BCUT2D eigenvalue weighted by molar-refractivity contribution is -0.147. The Morgan fingerprint density at radius 3 is 2.07 bits per heavy atom. The number of imide groups is 1. The Kier molecular flexibility index (Phi) is 5.99. The third-order valence-electron chi connectivity index (χ3n) is 4.68. The van der Waals surface area contributed by atoms with Crippen molar-refractivity contribution in [2.45, 2.75) is 32.2 Å². The highest BCUT2D eigenvalue weighted by atomic mass is 16.5. The van der Waals surface area contributed by atoms with Crippen LogP contribution in [0.2, 0.25) is 0 Å². The van der Waals surface area contributed by atoms with Gasteiger partial charge in [-0.3, -0.25) is 19.3 Å². The first-order valence-electron chi connectivity index (χ1n) is 9.26. The molecule has 6 heteroatoms. The number of esters is 1. The molecule has 0 fully saturated rings. The number of amides is 2. The molecule has 0 aliphatic carbocycles. The Morgan fingerprint density at radius 2 is 1.50 bits per heavy atom. The second-order valence-corrected chi connectivity index (χ2v) is 6.58. The van der Waals surface area contributed by atoms with Gasteiger partial charge in [-0.25, -0.2) is 4.79 Å². The number of carbonyl (C=O) groups is 4. The normalized spacial score (nSPS) is 14.0. The third kappa shape index (κ3) is 3.86. The summed E-state index contributed by atoms with van der Waals surface area (Å²) >= 11 is 0. The maximum absolute atomic E-state index is 12.7. The van der Waals surface area contributed by atoms with Gasteiger partial charge in [-0.1, -0.05) is 62.2 Å². The van der Waals surface area contributed by atoms with Crippen LogP contribution in [0.5, 0.6) is 0 Å². The lowest BCUT2D eigenvalue weighted by atomic mass is 10.1. The molecule has 28 heavy (non-hydrogen) atoms. The van der Waals surface area contributed by atoms with E-state index in [0.717, 1.165) is 11.3 Å². The van der Waals surface area contributed by atoms with Gasteiger partial charge in [-0.05, 0) is 18.6 Å². The van der Waals surface area contributed by atoms with Crippen molar-refractivity contribution < 1.29 is 23.9 Å². The molecule has 1 atom stereocenters. The molecule has 2 amide bonds. The molecule has 1 aliphatic heterocycles. The topological polar surface area (TPSA) is 80.8 Å². The molecular weight excluding hydrogens is 358 g/mol. The fraction of sp³-hybridized carbons (Fsp3) is 0.273. The number of Topliss-reactive ketones (excluding diaryl/α,β-unsaturated/α-hetero) is 1. The molecule has 0 N–H and O–H groups in total. The van der Waals surface area contributed by atoms with Gasteiger partial charge in [0.15, 0.2) is 12.4 Å². The van der Waals surface area contributed by atoms with Crippen LogP contribution in [0.15, 0.2) is 54.6 Å². The van der Waals surface area contributed by atoms with E-state index in [1.165, 1.54) is 0 Å². The Bertz CT molecular complexity index is 871. The zero-order chi connectivity index (χ0) is 20.1. The van der Waals surface area contributed by atoms with Gasteiger partial charge >= 0.3 is 5.97 Å². The van der Waals surface area contributed by atoms with Gasteiger partial charge in [0.1, 0.15) is 6.04 Å². The van der Waals surface area contributed by atoms with Crippen LogP contribution in [0.25, 0.3) is 0 Å². The van der Waals surface area contributed by atoms with Gasteiger partial charge in [-0.15, -0.1) is 0 Å². The van der Waals surface area contributed by atoms with Gasteiger partial charge in [0, 0.05) is 5.56 Å². The summed E-state index contributed by atoms with van der Waals surface area (Å²) in [6.07, 6.45) is 1.72. The lowest BCUT2D eigenvalue weighted by Gasteiger charge is -2.24. The summed E-state index contributed by atoms with van der Waals surface area (Å²) < 4.78 is 5.19. The predicted octanol–water partition coefficient (Wildman–Crippen LogP) is 3.27. The van der Waals surface area contributed by atoms with E-state index in [0.29, 0.717) is 18.4 Å². The van der Waals surface area contributed by atoms with Crippen LogP contribution in [0.3, 0.4) is 0 Å². The average molecular weight is 379 g/mol. The van der Waals surface area contributed by atoms with E-state index in [-0.39, 0.29) is 16.9 Å². The molecule has 1 heterocycles. The van der Waals surface area contributed by atoms with Crippen molar-refractivity contribution in [2.24, 2.45) is 0 Å². The van der Waals surface area contributed by atoms with Crippen LogP contribution in [0.1, 0.15) is 57.3 Å². The summed E-state index contributed by atoms with van der Waals surface area (Å²) in [5.41, 5.74) is 0.991. The standard InChI is InChI=1S/C22H21NO5/c1-2-3-13-18(22(27)28-14-19(24)15-9-5-4-6-10-15)23-20(25)16-11-7-8-12-17(16)21(23)26/h4-12,18H,2-3,13-14H2,1H3. The smallest absolute Gasteiger partial charge is 0.329 e. The lowest BCUT2D eigenvalue weighted by Crippen LogP contribution is -2.46. The van der Waals surface area contributed by atoms with E-state index in [4.69, 9.17) is 4.74 Å². The molecule has 2 aromatic carbocycles. The third-order valence-corrected chi connectivity index (χ3v) is 4.68. The minimum atomic E-state index is -1.05. The van der Waals surface area contributed by atoms with Crippen molar-refractivity contribution in [2.75, 3.05) is 6.61 Å². The fourth-order valence-corrected chi connectivity index (χ4v) is 3.18. The molecule has 1 aliphatic rings. The first kappa shape index (κ1) is 19.5. The van der Waals surface area contributed by atoms with Crippen molar-refractivity contribution >= 4 is 23.6 Å². The number of benzene rings is 2. The van der Waals surface area contributed by atoms with E-state index in [2.05, 4.69) is 0 Å². The SMILES string of the molecule is CCCCC(C(=O)OCC(=O)c1ccccc1)N1C(=O)c2ccccc2C1=O. The highest BCUT2D eigenvalue weighted by molar-refractivity contribution is 6.22. The molecule has 2 aromatic rings. The minimum Gasteiger partial charge on any atom is -0.456 e. The number of rotatable bonds is 8. The van der Waals surface area contributed by atoms with Crippen LogP contribution in [0, 0.1) is 0 Å². The molecule has 1 unspecified atom stereocenters. The number of ketones is 1. The minimum absolute atomic E-state index is 0.280. The summed E-state index contributed by atoms with van der Waals surface area (Å²) in [6, 6.07) is 13.9. The highest BCUT2D eigenvalue weighted by Crippen LogP contribution is 2.26. The van der Waals surface area contributed by atoms with Gasteiger partial charge in [0.2, 0.25) is 0 Å². The first-order chi connectivity index (χ1) is 13.5. The summed E-state index contributed by atoms with van der Waals surface area (Å²) in [5, 5.41) is 0. The maximum atomic E-state index is 12.7. The Balaban J connectivity index is 1.75. The number of hydrogen-bond donors (Lipinski definition) is 0. The zero-order valence-electron chi connectivity index (χ0n) is 15.6. The molecule has 6 nitrogen and oxygen atoms in total. The number of carbonyl (C=O) groups excluding carboxylic acids is 4. The van der Waals surface area contributed by atoms with Crippen LogP contribution < -0.4 is 0 Å². The summed E-state index contributed by atoms with van der Waals surface area (Å²) in [6.45, 7) is 1.51. The van der Waals surface area contributed by atoms with Crippen LogP contribution in [0.4, 0.5) is 0 Å². The number of ether oxygens (including phenoxy) is 1. The van der Waals surface area contributed by atoms with E-state index >= 15 is 0 Å². The van der Waals surface area contributed by atoms with Gasteiger partial charge in [0.25, 0.3) is 11.8 Å². The molecule has 0 radical (unpaired) electrons. The molecule has 3 rings (SSSR count). The Morgan fingerprint density at radius 1 is 0.929 bits per heavy atom. The van der Waals surface area contributed by atoms with Crippen LogP contribution in [-0.4, -0.2) is 41.1 Å². The van der Waals surface area contributed by atoms with Crippen LogP contribution in [-0.2, 0) is 9.53 Å². The predicted molar refractivity (Wildman–Crippen MR) is 102 cm³/mol. The molecule has 0 spiro atoms. The zero-order valence-corrected chi connectivity index (χ0v) is 15.6. The average Bonchev–Trinajstić information content (AvgIpc) is 2.98. The molecule has 0 saturated carbocycles. The highest BCUT2D eigenvalue weighted by Gasteiger charge is 2.43. The van der Waals surface area contributed by atoms with Gasteiger partial charge in [0.05, 0.1) is 11.1 Å². The summed E-state index contributed by atoms with van der Waals surface area (Å²) in [5.74, 6) is -2.10. The number of hydrogen-bond acceptors (Lipinski definition) is 5. The fourth-order valence-electron chi connectivity index (χ4n) is 3.18. The van der Waals surface area contributed by atoms with Crippen molar-refractivity contribution in [3.05, 3.63) is 71.3 Å². The van der Waals surface area contributed by atoms with Crippen LogP contribution >= 0.6 is 0 Å². The van der Waals surface area contributed by atoms with Crippen molar-refractivity contribution in [1.29, 1.82) is 0 Å². The molecule has 144 valence electrons. The summed E-state index contributed by atoms with van der Waals surface area (Å²) in [4.78, 5) is 51.3. The first-order valence-corrected chi connectivity index (χ1v) is 9.26. The molecule has 0 bridgehead atoms. The van der Waals surface area contributed by atoms with Crippen molar-refractivity contribution in [1.82, 2.24) is 4.90 Å². The van der Waals surface area contributed by atoms with E-state index < -0.39 is 30.4 Å². The maximum Gasteiger partial charge on any atom is 0.329 e. The van der Waals surface area contributed by atoms with Gasteiger partial charge < -0.3 is 4.74 Å². The molecule has 0 aromatic heterocycles. The van der Waals surface area contributed by atoms with Crippen molar-refractivity contribution in [3.8, 4) is 0 Å². The second kappa shape index (κ2) is 8.61. The largest absolute Gasteiger partial charge is 0.456 e. The molecule has 0 saturated heterocycles. The number of fused-ring (bicyclic) bond motifs is 1. The number of unbranched alkanes of at least 4 members (excludes halogenated alkanes) is 1. The van der Waals surface area contributed by atoms with E-state index in [1.54, 1.807) is 54.6 Å². The monoisotopic (exact) mass is 379 g/mol. The Hall–Kier alpha value is -3.28. The molecular formula is C22H21NO5. The van der Waals surface area contributed by atoms with E-state index in [9.17, 15) is 19.2 Å². The van der Waals surface area contributed by atoms with Crippen molar-refractivity contribution in [3.63, 3.8) is 0 Å².